The summed E-state index contributed by atoms with van der Waals surface area (Å²) in [5, 5.41) is 9.68. The fourth-order valence-corrected chi connectivity index (χ4v) is 3.57. The van der Waals surface area contributed by atoms with E-state index in [2.05, 4.69) is 11.1 Å². The van der Waals surface area contributed by atoms with E-state index in [0.717, 1.165) is 5.56 Å². The Morgan fingerprint density at radius 3 is 2.73 bits per heavy atom. The van der Waals surface area contributed by atoms with Crippen molar-refractivity contribution in [3.8, 4) is 6.07 Å². The lowest BCUT2D eigenvalue weighted by molar-refractivity contribution is -0.159. The molecule has 6 heteroatoms. The second-order valence-corrected chi connectivity index (χ2v) is 6.31. The number of amides is 2. The molecule has 2 aliphatic rings. The van der Waals surface area contributed by atoms with Crippen LogP contribution in [0.15, 0.2) is 24.5 Å². The molecule has 0 spiro atoms. The number of rotatable bonds is 1. The van der Waals surface area contributed by atoms with Gasteiger partial charge in [-0.3, -0.25) is 14.6 Å². The first kappa shape index (κ1) is 14.5. The van der Waals surface area contributed by atoms with E-state index < -0.39 is 23.5 Å². The molecule has 22 heavy (non-hydrogen) atoms. The molecular formula is C16H18N4O2. The SMILES string of the molecule is CC1C(=O)N2C(C[C@@](C)(C#N)[C@H]2c2cccnc2)C(=O)N1C. The summed E-state index contributed by atoms with van der Waals surface area (Å²) in [6.07, 6.45) is 3.67. The molecular weight excluding hydrogens is 280 g/mol. The highest BCUT2D eigenvalue weighted by atomic mass is 16.2. The Bertz CT molecular complexity index is 668. The van der Waals surface area contributed by atoms with Crippen LogP contribution in [0.2, 0.25) is 0 Å². The summed E-state index contributed by atoms with van der Waals surface area (Å²) in [7, 11) is 1.64. The number of aromatic nitrogens is 1. The van der Waals surface area contributed by atoms with Gasteiger partial charge in [0.1, 0.15) is 12.1 Å². The lowest BCUT2D eigenvalue weighted by Crippen LogP contribution is -2.60. The second-order valence-electron chi connectivity index (χ2n) is 6.31. The maximum atomic E-state index is 12.8. The van der Waals surface area contributed by atoms with Crippen LogP contribution in [-0.4, -0.2) is 45.7 Å². The van der Waals surface area contributed by atoms with Crippen LogP contribution in [0.25, 0.3) is 0 Å². The van der Waals surface area contributed by atoms with Gasteiger partial charge in [-0.2, -0.15) is 5.26 Å². The fraction of sp³-hybridized carbons (Fsp3) is 0.500. The second kappa shape index (κ2) is 4.80. The zero-order valence-corrected chi connectivity index (χ0v) is 12.9. The molecule has 0 bridgehead atoms. The molecule has 2 saturated heterocycles. The van der Waals surface area contributed by atoms with Gasteiger partial charge >= 0.3 is 0 Å². The van der Waals surface area contributed by atoms with Gasteiger partial charge in [-0.25, -0.2) is 0 Å². The topological polar surface area (TPSA) is 77.3 Å². The van der Waals surface area contributed by atoms with E-state index in [-0.39, 0.29) is 11.8 Å². The number of likely N-dealkylation sites (N-methyl/N-ethyl adjacent to an activating group) is 1. The van der Waals surface area contributed by atoms with E-state index in [1.54, 1.807) is 37.3 Å². The maximum Gasteiger partial charge on any atom is 0.246 e. The predicted molar refractivity (Wildman–Crippen MR) is 78.2 cm³/mol. The van der Waals surface area contributed by atoms with E-state index in [1.165, 1.54) is 4.90 Å². The molecule has 114 valence electrons. The molecule has 1 aromatic heterocycles. The van der Waals surface area contributed by atoms with Crippen molar-refractivity contribution in [1.29, 1.82) is 5.26 Å². The molecule has 1 aromatic rings. The number of carbonyl (C=O) groups excluding carboxylic acids is 2. The molecule has 0 N–H and O–H groups in total. The van der Waals surface area contributed by atoms with Gasteiger partial charge in [0.05, 0.1) is 17.5 Å². The van der Waals surface area contributed by atoms with Crippen molar-refractivity contribution in [1.82, 2.24) is 14.8 Å². The molecule has 0 radical (unpaired) electrons. The Kier molecular flexibility index (Phi) is 3.17. The van der Waals surface area contributed by atoms with Crippen LogP contribution in [0.5, 0.6) is 0 Å². The van der Waals surface area contributed by atoms with Gasteiger partial charge in [0, 0.05) is 19.4 Å². The quantitative estimate of drug-likeness (QED) is 0.778. The Morgan fingerprint density at radius 1 is 1.41 bits per heavy atom. The van der Waals surface area contributed by atoms with E-state index in [1.807, 2.05) is 13.0 Å². The minimum Gasteiger partial charge on any atom is -0.332 e. The summed E-state index contributed by atoms with van der Waals surface area (Å²) in [6, 6.07) is 4.45. The summed E-state index contributed by atoms with van der Waals surface area (Å²) in [4.78, 5) is 32.5. The van der Waals surface area contributed by atoms with Gasteiger partial charge in [0.2, 0.25) is 11.8 Å². The average Bonchev–Trinajstić information content (AvgIpc) is 2.86. The normalized spacial score (nSPS) is 34.5. The van der Waals surface area contributed by atoms with Crippen molar-refractivity contribution < 1.29 is 9.59 Å². The molecule has 2 aliphatic heterocycles. The molecule has 2 amide bonds. The monoisotopic (exact) mass is 298 g/mol. The molecule has 3 heterocycles. The van der Waals surface area contributed by atoms with Gasteiger partial charge in [-0.05, 0) is 31.9 Å². The number of piperazine rings is 1. The Balaban J connectivity index is 2.13. The van der Waals surface area contributed by atoms with Gasteiger partial charge in [0.15, 0.2) is 0 Å². The van der Waals surface area contributed by atoms with Crippen LogP contribution >= 0.6 is 0 Å². The van der Waals surface area contributed by atoms with E-state index in [9.17, 15) is 14.9 Å². The van der Waals surface area contributed by atoms with Crippen LogP contribution in [0.4, 0.5) is 0 Å². The zero-order chi connectivity index (χ0) is 16.1. The van der Waals surface area contributed by atoms with Crippen LogP contribution in [0.1, 0.15) is 31.9 Å². The Labute approximate surface area is 129 Å². The highest BCUT2D eigenvalue weighted by molar-refractivity contribution is 5.97. The van der Waals surface area contributed by atoms with Crippen LogP contribution in [0, 0.1) is 16.7 Å². The largest absolute Gasteiger partial charge is 0.332 e. The van der Waals surface area contributed by atoms with Crippen molar-refractivity contribution in [2.45, 2.75) is 38.4 Å². The van der Waals surface area contributed by atoms with Crippen molar-refractivity contribution in [2.75, 3.05) is 7.05 Å². The van der Waals surface area contributed by atoms with Crippen molar-refractivity contribution in [3.05, 3.63) is 30.1 Å². The molecule has 2 unspecified atom stereocenters. The summed E-state index contributed by atoms with van der Waals surface area (Å²) in [5.41, 5.74) is -0.00356. The molecule has 3 rings (SSSR count). The van der Waals surface area contributed by atoms with Crippen molar-refractivity contribution in [2.24, 2.45) is 5.41 Å². The van der Waals surface area contributed by atoms with E-state index >= 15 is 0 Å². The maximum absolute atomic E-state index is 12.8. The number of hydrogen-bond donors (Lipinski definition) is 0. The summed E-state index contributed by atoms with van der Waals surface area (Å²) < 4.78 is 0. The minimum atomic E-state index is -0.802. The third-order valence-corrected chi connectivity index (χ3v) is 4.92. The first-order valence-corrected chi connectivity index (χ1v) is 7.31. The molecule has 0 saturated carbocycles. The van der Waals surface area contributed by atoms with E-state index in [4.69, 9.17) is 0 Å². The molecule has 0 aliphatic carbocycles. The standard InChI is InChI=1S/C16H18N4O2/c1-10-14(21)20-12(15(22)19(10)3)7-16(2,9-17)13(20)11-5-4-6-18-8-11/h4-6,8,10,12-13H,7H2,1-3H3/t10?,12?,13-,16+/m1/s1. The van der Waals surface area contributed by atoms with Crippen molar-refractivity contribution >= 4 is 11.8 Å². The third-order valence-electron chi connectivity index (χ3n) is 4.92. The number of pyridine rings is 1. The third kappa shape index (κ3) is 1.82. The molecule has 0 aromatic carbocycles. The van der Waals surface area contributed by atoms with Gasteiger partial charge in [-0.1, -0.05) is 6.07 Å². The van der Waals surface area contributed by atoms with E-state index in [0.29, 0.717) is 6.42 Å². The Hall–Kier alpha value is -2.42. The highest BCUT2D eigenvalue weighted by Crippen LogP contribution is 2.51. The van der Waals surface area contributed by atoms with Gasteiger partial charge in [-0.15, -0.1) is 0 Å². The Morgan fingerprint density at radius 2 is 2.14 bits per heavy atom. The first-order chi connectivity index (χ1) is 10.4. The number of carbonyl (C=O) groups is 2. The lowest BCUT2D eigenvalue weighted by atomic mass is 9.80. The fourth-order valence-electron chi connectivity index (χ4n) is 3.57. The smallest absolute Gasteiger partial charge is 0.246 e. The van der Waals surface area contributed by atoms with Crippen LogP contribution in [-0.2, 0) is 9.59 Å². The zero-order valence-electron chi connectivity index (χ0n) is 12.9. The van der Waals surface area contributed by atoms with Crippen LogP contribution < -0.4 is 0 Å². The summed E-state index contributed by atoms with van der Waals surface area (Å²) in [5.74, 6) is -0.208. The van der Waals surface area contributed by atoms with Gasteiger partial charge < -0.3 is 9.80 Å². The molecule has 6 nitrogen and oxygen atoms in total. The summed E-state index contributed by atoms with van der Waals surface area (Å²) in [6.45, 7) is 3.53. The number of nitrogens with zero attached hydrogens (tertiary/aromatic N) is 4. The first-order valence-electron chi connectivity index (χ1n) is 7.31. The number of nitriles is 1. The summed E-state index contributed by atoms with van der Waals surface area (Å²) >= 11 is 0. The van der Waals surface area contributed by atoms with Crippen LogP contribution in [0.3, 0.4) is 0 Å². The lowest BCUT2D eigenvalue weighted by Gasteiger charge is -2.41. The predicted octanol–water partition coefficient (Wildman–Crippen LogP) is 1.11. The molecule has 4 atom stereocenters. The average molecular weight is 298 g/mol. The number of fused-ring (bicyclic) bond motifs is 1. The minimum absolute atomic E-state index is 0.0973. The number of hydrogen-bond acceptors (Lipinski definition) is 4. The highest BCUT2D eigenvalue weighted by Gasteiger charge is 2.58. The van der Waals surface area contributed by atoms with Crippen molar-refractivity contribution in [3.63, 3.8) is 0 Å². The molecule has 2 fully saturated rings. The van der Waals surface area contributed by atoms with Gasteiger partial charge in [0.25, 0.3) is 0 Å².